The second kappa shape index (κ2) is 7.87. The van der Waals surface area contributed by atoms with Crippen molar-refractivity contribution < 1.29 is 27.5 Å². The third kappa shape index (κ3) is 4.51. The minimum absolute atomic E-state index is 0.0814. The summed E-state index contributed by atoms with van der Waals surface area (Å²) in [6.45, 7) is 0. The van der Waals surface area contributed by atoms with Crippen LogP contribution in [0.2, 0.25) is 0 Å². The largest absolute Gasteiger partial charge is 0.465 e. The molecule has 24 heavy (non-hydrogen) atoms. The Bertz CT molecular complexity index is 751. The van der Waals surface area contributed by atoms with E-state index in [0.717, 1.165) is 12.1 Å². The lowest BCUT2D eigenvalue weighted by Gasteiger charge is -2.09. The van der Waals surface area contributed by atoms with Gasteiger partial charge < -0.3 is 10.1 Å². The van der Waals surface area contributed by atoms with Crippen LogP contribution in [0, 0.1) is 5.82 Å². The molecular weight excluding hydrogens is 343 g/mol. The average Bonchev–Trinajstić information content (AvgIpc) is 2.56. The number of carbonyl (C=O) groups is 2. The molecule has 4 nitrogen and oxygen atoms in total. The number of hydrogen-bond acceptors (Lipinski definition) is 4. The highest BCUT2D eigenvalue weighted by Gasteiger charge is 2.14. The van der Waals surface area contributed by atoms with Gasteiger partial charge in [-0.2, -0.15) is 8.78 Å². The van der Waals surface area contributed by atoms with Crippen molar-refractivity contribution >= 4 is 29.3 Å². The number of benzene rings is 2. The number of nitrogens with one attached hydrogen (secondary N) is 1. The molecule has 0 radical (unpaired) electrons. The average molecular weight is 355 g/mol. The summed E-state index contributed by atoms with van der Waals surface area (Å²) in [7, 11) is 1.18. The van der Waals surface area contributed by atoms with Gasteiger partial charge in [-0.25, -0.2) is 9.18 Å². The van der Waals surface area contributed by atoms with Crippen LogP contribution in [-0.4, -0.2) is 24.7 Å². The van der Waals surface area contributed by atoms with Crippen molar-refractivity contribution in [3.05, 3.63) is 59.4 Å². The van der Waals surface area contributed by atoms with E-state index in [1.54, 1.807) is 0 Å². The first-order chi connectivity index (χ1) is 11.4. The summed E-state index contributed by atoms with van der Waals surface area (Å²) in [6.07, 6.45) is 0. The molecule has 126 valence electrons. The van der Waals surface area contributed by atoms with Crippen molar-refractivity contribution in [3.8, 4) is 0 Å². The zero-order chi connectivity index (χ0) is 17.7. The van der Waals surface area contributed by atoms with Crippen LogP contribution >= 0.6 is 11.8 Å². The minimum atomic E-state index is -2.56. The topological polar surface area (TPSA) is 55.4 Å². The summed E-state index contributed by atoms with van der Waals surface area (Å²) in [6, 6.07) is 8.85. The summed E-state index contributed by atoms with van der Waals surface area (Å²) < 4.78 is 42.8. The van der Waals surface area contributed by atoms with E-state index >= 15 is 0 Å². The monoisotopic (exact) mass is 355 g/mol. The second-order valence-corrected chi connectivity index (χ2v) is 5.61. The Labute approximate surface area is 140 Å². The molecule has 0 bridgehead atoms. The number of amides is 1. The quantitative estimate of drug-likeness (QED) is 0.646. The van der Waals surface area contributed by atoms with Gasteiger partial charge in [-0.1, -0.05) is 11.8 Å². The van der Waals surface area contributed by atoms with Crippen LogP contribution in [0.1, 0.15) is 20.7 Å². The first-order valence-corrected chi connectivity index (χ1v) is 7.52. The number of hydrogen-bond donors (Lipinski definition) is 1. The number of thioether (sulfide) groups is 1. The summed E-state index contributed by atoms with van der Waals surface area (Å²) in [4.78, 5) is 23.8. The van der Waals surface area contributed by atoms with E-state index in [0.29, 0.717) is 16.7 Å². The molecule has 0 saturated carbocycles. The van der Waals surface area contributed by atoms with Crippen molar-refractivity contribution in [2.24, 2.45) is 0 Å². The Morgan fingerprint density at radius 1 is 1.08 bits per heavy atom. The van der Waals surface area contributed by atoms with E-state index < -0.39 is 23.5 Å². The Balaban J connectivity index is 2.15. The number of methoxy groups -OCH3 is 1. The molecule has 1 amide bonds. The van der Waals surface area contributed by atoms with Gasteiger partial charge in [-0.3, -0.25) is 4.79 Å². The van der Waals surface area contributed by atoms with E-state index in [2.05, 4.69) is 10.1 Å². The Kier molecular flexibility index (Phi) is 5.86. The third-order valence-corrected chi connectivity index (χ3v) is 3.70. The van der Waals surface area contributed by atoms with Crippen LogP contribution in [0.25, 0.3) is 0 Å². The van der Waals surface area contributed by atoms with Gasteiger partial charge in [-0.05, 0) is 42.5 Å². The first kappa shape index (κ1) is 17.9. The standard InChI is InChI=1S/C16H12F3NO3S/c1-23-15(22)10-4-7-12(17)13(8-10)20-14(21)9-2-5-11(6-3-9)24-16(18)19/h2-8,16H,1H3,(H,20,21). The van der Waals surface area contributed by atoms with Crippen LogP contribution in [-0.2, 0) is 4.74 Å². The van der Waals surface area contributed by atoms with Gasteiger partial charge >= 0.3 is 5.97 Å². The molecule has 0 heterocycles. The van der Waals surface area contributed by atoms with Crippen molar-refractivity contribution in [1.82, 2.24) is 0 Å². The van der Waals surface area contributed by atoms with Crippen LogP contribution in [0.15, 0.2) is 47.4 Å². The highest BCUT2D eigenvalue weighted by molar-refractivity contribution is 7.99. The summed E-state index contributed by atoms with van der Waals surface area (Å²) >= 11 is 0.357. The van der Waals surface area contributed by atoms with Crippen molar-refractivity contribution in [2.45, 2.75) is 10.7 Å². The molecule has 0 aliphatic heterocycles. The lowest BCUT2D eigenvalue weighted by atomic mass is 10.1. The summed E-state index contributed by atoms with van der Waals surface area (Å²) in [5.74, 6) is -4.58. The molecule has 0 aromatic heterocycles. The van der Waals surface area contributed by atoms with Gasteiger partial charge in [-0.15, -0.1) is 0 Å². The molecule has 2 rings (SSSR count). The molecule has 2 aromatic carbocycles. The fraction of sp³-hybridized carbons (Fsp3) is 0.125. The van der Waals surface area contributed by atoms with Crippen LogP contribution in [0.5, 0.6) is 0 Å². The molecule has 0 aliphatic rings. The molecule has 2 aromatic rings. The van der Waals surface area contributed by atoms with Gasteiger partial charge in [0, 0.05) is 10.5 Å². The number of halogens is 3. The molecule has 0 unspecified atom stereocenters. The van der Waals surface area contributed by atoms with Crippen LogP contribution in [0.3, 0.4) is 0 Å². The molecule has 0 saturated heterocycles. The van der Waals surface area contributed by atoms with E-state index in [-0.39, 0.29) is 16.8 Å². The molecule has 0 aliphatic carbocycles. The van der Waals surface area contributed by atoms with Gasteiger partial charge in [0.1, 0.15) is 5.82 Å². The van der Waals surface area contributed by atoms with Gasteiger partial charge in [0.2, 0.25) is 0 Å². The zero-order valence-corrected chi connectivity index (χ0v) is 13.2. The lowest BCUT2D eigenvalue weighted by Crippen LogP contribution is -2.14. The normalized spacial score (nSPS) is 10.5. The molecule has 1 N–H and O–H groups in total. The zero-order valence-electron chi connectivity index (χ0n) is 12.4. The van der Waals surface area contributed by atoms with E-state index in [1.807, 2.05) is 0 Å². The van der Waals surface area contributed by atoms with Crippen LogP contribution in [0.4, 0.5) is 18.9 Å². The second-order valence-electron chi connectivity index (χ2n) is 4.54. The first-order valence-electron chi connectivity index (χ1n) is 6.65. The fourth-order valence-electron chi connectivity index (χ4n) is 1.85. The number of anilines is 1. The van der Waals surface area contributed by atoms with E-state index in [9.17, 15) is 22.8 Å². The molecule has 8 heteroatoms. The van der Waals surface area contributed by atoms with Crippen molar-refractivity contribution in [2.75, 3.05) is 12.4 Å². The number of rotatable bonds is 5. The van der Waals surface area contributed by atoms with E-state index in [1.165, 1.54) is 37.4 Å². The smallest absolute Gasteiger partial charge is 0.337 e. The lowest BCUT2D eigenvalue weighted by molar-refractivity contribution is 0.0600. The maximum absolute atomic E-state index is 13.8. The minimum Gasteiger partial charge on any atom is -0.465 e. The molecule has 0 spiro atoms. The van der Waals surface area contributed by atoms with Crippen LogP contribution < -0.4 is 5.32 Å². The molecule has 0 atom stereocenters. The predicted octanol–water partition coefficient (Wildman–Crippen LogP) is 4.18. The number of ether oxygens (including phenoxy) is 1. The number of carbonyl (C=O) groups excluding carboxylic acids is 2. The van der Waals surface area contributed by atoms with E-state index in [4.69, 9.17) is 0 Å². The Morgan fingerprint density at radius 3 is 2.29 bits per heavy atom. The van der Waals surface area contributed by atoms with Gasteiger partial charge in [0.05, 0.1) is 18.4 Å². The maximum atomic E-state index is 13.8. The summed E-state index contributed by atoms with van der Waals surface area (Å²) in [5.41, 5.74) is 0.0586. The van der Waals surface area contributed by atoms with Gasteiger partial charge in [0.15, 0.2) is 0 Å². The Morgan fingerprint density at radius 2 is 1.71 bits per heavy atom. The maximum Gasteiger partial charge on any atom is 0.337 e. The predicted molar refractivity (Wildman–Crippen MR) is 84.0 cm³/mol. The summed E-state index contributed by atoms with van der Waals surface area (Å²) in [5, 5.41) is 2.33. The SMILES string of the molecule is COC(=O)c1ccc(F)c(NC(=O)c2ccc(SC(F)F)cc2)c1. The Hall–Kier alpha value is -2.48. The highest BCUT2D eigenvalue weighted by atomic mass is 32.2. The van der Waals surface area contributed by atoms with Gasteiger partial charge in [0.25, 0.3) is 11.7 Å². The van der Waals surface area contributed by atoms with Crippen molar-refractivity contribution in [3.63, 3.8) is 0 Å². The highest BCUT2D eigenvalue weighted by Crippen LogP contribution is 2.25. The molecular formula is C16H12F3NO3S. The molecule has 0 fully saturated rings. The third-order valence-electron chi connectivity index (χ3n) is 2.98. The number of esters is 1. The fourth-order valence-corrected chi connectivity index (χ4v) is 2.35. The number of alkyl halides is 2. The van der Waals surface area contributed by atoms with Crippen molar-refractivity contribution in [1.29, 1.82) is 0 Å².